The van der Waals surface area contributed by atoms with Crippen LogP contribution in [0, 0.1) is 0 Å². The summed E-state index contributed by atoms with van der Waals surface area (Å²) in [6.45, 7) is -0.225. The van der Waals surface area contributed by atoms with Gasteiger partial charge in [-0.1, -0.05) is 48.0 Å². The number of carbonyl (C=O) groups excluding carboxylic acids is 3. The Bertz CT molecular complexity index is 963. The smallest absolute Gasteiger partial charge is 0.326 e. The highest BCUT2D eigenvalue weighted by Gasteiger charge is 2.55. The van der Waals surface area contributed by atoms with Crippen LogP contribution in [0.1, 0.15) is 17.5 Å². The second kappa shape index (κ2) is 7.16. The lowest BCUT2D eigenvalue weighted by Gasteiger charge is -2.33. The number of hydrogen-bond donors (Lipinski definition) is 1. The number of hydrogen-bond acceptors (Lipinski definition) is 5. The number of para-hydroxylation sites is 1. The SMILES string of the molecule is O=C(CN1C(=O)N[C@]2(CCOc3ccccc32)C1=O)OCc1ccccc1Cl. The lowest BCUT2D eigenvalue weighted by atomic mass is 9.84. The van der Waals surface area contributed by atoms with Gasteiger partial charge in [0.25, 0.3) is 5.91 Å². The molecule has 1 N–H and O–H groups in total. The fourth-order valence-electron chi connectivity index (χ4n) is 3.46. The number of benzene rings is 2. The van der Waals surface area contributed by atoms with Gasteiger partial charge in [-0.3, -0.25) is 14.5 Å². The first-order valence-corrected chi connectivity index (χ1v) is 9.14. The summed E-state index contributed by atoms with van der Waals surface area (Å²) in [5.41, 5.74) is 0.0191. The van der Waals surface area contributed by atoms with E-state index >= 15 is 0 Å². The first-order chi connectivity index (χ1) is 13.5. The van der Waals surface area contributed by atoms with Crippen LogP contribution in [0.15, 0.2) is 48.5 Å². The van der Waals surface area contributed by atoms with E-state index in [1.165, 1.54) is 0 Å². The zero-order chi connectivity index (χ0) is 19.7. The van der Waals surface area contributed by atoms with Gasteiger partial charge in [-0.2, -0.15) is 0 Å². The molecule has 28 heavy (non-hydrogen) atoms. The van der Waals surface area contributed by atoms with Gasteiger partial charge in [0.05, 0.1) is 6.61 Å². The summed E-state index contributed by atoms with van der Waals surface area (Å²) in [5, 5.41) is 3.22. The van der Waals surface area contributed by atoms with Crippen LogP contribution in [0.2, 0.25) is 5.02 Å². The van der Waals surface area contributed by atoms with Gasteiger partial charge in [0, 0.05) is 22.6 Å². The Labute approximate surface area is 166 Å². The van der Waals surface area contributed by atoms with Crippen molar-refractivity contribution in [3.63, 3.8) is 0 Å². The molecular weight excluding hydrogens is 384 g/mol. The van der Waals surface area contributed by atoms with Crippen LogP contribution in [0.3, 0.4) is 0 Å². The minimum absolute atomic E-state index is 0.0377. The van der Waals surface area contributed by atoms with E-state index in [2.05, 4.69) is 5.32 Å². The van der Waals surface area contributed by atoms with E-state index in [4.69, 9.17) is 21.1 Å². The Morgan fingerprint density at radius 2 is 1.93 bits per heavy atom. The first kappa shape index (κ1) is 18.3. The normalized spacial score (nSPS) is 20.5. The molecule has 0 bridgehead atoms. The van der Waals surface area contributed by atoms with Crippen molar-refractivity contribution in [1.29, 1.82) is 0 Å². The summed E-state index contributed by atoms with van der Waals surface area (Å²) in [6.07, 6.45) is 0.291. The Hall–Kier alpha value is -3.06. The van der Waals surface area contributed by atoms with Gasteiger partial charge in [-0.25, -0.2) is 4.79 Å². The molecule has 1 fully saturated rings. The summed E-state index contributed by atoms with van der Waals surface area (Å²) in [6, 6.07) is 13.4. The predicted molar refractivity (Wildman–Crippen MR) is 99.7 cm³/mol. The third-order valence-corrected chi connectivity index (χ3v) is 5.26. The lowest BCUT2D eigenvalue weighted by Crippen LogP contribution is -2.47. The Morgan fingerprint density at radius 1 is 1.18 bits per heavy atom. The molecule has 8 heteroatoms. The van der Waals surface area contributed by atoms with Crippen LogP contribution in [0.25, 0.3) is 0 Å². The molecule has 0 aliphatic carbocycles. The number of imide groups is 1. The molecule has 2 aromatic rings. The molecule has 1 atom stereocenters. The Morgan fingerprint density at radius 3 is 2.75 bits per heavy atom. The zero-order valence-electron chi connectivity index (χ0n) is 14.8. The van der Waals surface area contributed by atoms with Gasteiger partial charge in [0.2, 0.25) is 0 Å². The number of fused-ring (bicyclic) bond motifs is 2. The van der Waals surface area contributed by atoms with E-state index in [9.17, 15) is 14.4 Å². The zero-order valence-corrected chi connectivity index (χ0v) is 15.6. The van der Waals surface area contributed by atoms with Crippen LogP contribution in [0.4, 0.5) is 4.79 Å². The highest BCUT2D eigenvalue weighted by molar-refractivity contribution is 6.31. The molecule has 1 saturated heterocycles. The van der Waals surface area contributed by atoms with E-state index in [0.29, 0.717) is 28.3 Å². The number of halogens is 1. The van der Waals surface area contributed by atoms with Crippen molar-refractivity contribution in [1.82, 2.24) is 10.2 Å². The highest BCUT2D eigenvalue weighted by atomic mass is 35.5. The van der Waals surface area contributed by atoms with Crippen LogP contribution in [-0.2, 0) is 26.5 Å². The molecule has 0 unspecified atom stereocenters. The maximum absolute atomic E-state index is 13.1. The average molecular weight is 401 g/mol. The van der Waals surface area contributed by atoms with Crippen molar-refractivity contribution in [3.8, 4) is 5.75 Å². The number of nitrogens with zero attached hydrogens (tertiary/aromatic N) is 1. The number of nitrogens with one attached hydrogen (secondary N) is 1. The second-order valence-electron chi connectivity index (χ2n) is 6.57. The minimum atomic E-state index is -1.21. The van der Waals surface area contributed by atoms with E-state index in [0.717, 1.165) is 4.90 Å². The molecular formula is C20H17ClN2O5. The second-order valence-corrected chi connectivity index (χ2v) is 6.98. The highest BCUT2D eigenvalue weighted by Crippen LogP contribution is 2.40. The van der Waals surface area contributed by atoms with E-state index in [1.807, 2.05) is 0 Å². The van der Waals surface area contributed by atoms with E-state index in [1.54, 1.807) is 48.5 Å². The molecule has 0 aromatic heterocycles. The summed E-state index contributed by atoms with van der Waals surface area (Å²) in [4.78, 5) is 38.6. The van der Waals surface area contributed by atoms with Crippen molar-refractivity contribution >= 4 is 29.5 Å². The van der Waals surface area contributed by atoms with Gasteiger partial charge in [-0.05, 0) is 12.1 Å². The summed E-state index contributed by atoms with van der Waals surface area (Å²) >= 11 is 6.04. The van der Waals surface area contributed by atoms with E-state index < -0.39 is 30.0 Å². The molecule has 0 saturated carbocycles. The van der Waals surface area contributed by atoms with Gasteiger partial charge < -0.3 is 14.8 Å². The first-order valence-electron chi connectivity index (χ1n) is 8.77. The van der Waals surface area contributed by atoms with Gasteiger partial charge in [0.1, 0.15) is 18.9 Å². The molecule has 1 spiro atoms. The summed E-state index contributed by atoms with van der Waals surface area (Å²) in [7, 11) is 0. The van der Waals surface area contributed by atoms with E-state index in [-0.39, 0.29) is 13.2 Å². The molecule has 0 radical (unpaired) electrons. The standard InChI is InChI=1S/C20H17ClN2O5/c21-15-7-3-1-5-13(15)12-28-17(24)11-23-18(25)20(22-19(23)26)9-10-27-16-8-4-2-6-14(16)20/h1-8H,9-12H2,(H,22,26)/t20-/m0/s1. The number of amides is 3. The van der Waals surface area contributed by atoms with Crippen molar-refractivity contribution in [3.05, 3.63) is 64.7 Å². The molecule has 2 aliphatic heterocycles. The maximum Gasteiger partial charge on any atom is 0.326 e. The van der Waals surface area contributed by atoms with Crippen LogP contribution in [-0.4, -0.2) is 36.0 Å². The number of ether oxygens (including phenoxy) is 2. The predicted octanol–water partition coefficient (Wildman–Crippen LogP) is 2.61. The minimum Gasteiger partial charge on any atom is -0.493 e. The van der Waals surface area contributed by atoms with Crippen molar-refractivity contribution in [2.75, 3.05) is 13.2 Å². The van der Waals surface area contributed by atoms with Crippen LogP contribution >= 0.6 is 11.6 Å². The topological polar surface area (TPSA) is 84.9 Å². The monoisotopic (exact) mass is 400 g/mol. The third-order valence-electron chi connectivity index (χ3n) is 4.89. The van der Waals surface area contributed by atoms with Crippen LogP contribution < -0.4 is 10.1 Å². The number of carbonyl (C=O) groups is 3. The molecule has 3 amide bonds. The quantitative estimate of drug-likeness (QED) is 0.630. The van der Waals surface area contributed by atoms with Gasteiger partial charge >= 0.3 is 12.0 Å². The number of urea groups is 1. The Kier molecular flexibility index (Phi) is 4.68. The van der Waals surface area contributed by atoms with Crippen LogP contribution in [0.5, 0.6) is 5.75 Å². The number of rotatable bonds is 4. The third kappa shape index (κ3) is 3.07. The fraction of sp³-hybridized carbons (Fsp3) is 0.250. The van der Waals surface area contributed by atoms with Gasteiger partial charge in [0.15, 0.2) is 5.54 Å². The molecule has 2 aromatic carbocycles. The molecule has 4 rings (SSSR count). The van der Waals surface area contributed by atoms with Crippen molar-refractivity contribution in [2.24, 2.45) is 0 Å². The Balaban J connectivity index is 1.48. The lowest BCUT2D eigenvalue weighted by molar-refractivity contribution is -0.149. The number of esters is 1. The molecule has 2 aliphatic rings. The van der Waals surface area contributed by atoms with Crippen molar-refractivity contribution in [2.45, 2.75) is 18.6 Å². The average Bonchev–Trinajstić information content (AvgIpc) is 2.92. The molecule has 144 valence electrons. The molecule has 2 heterocycles. The van der Waals surface area contributed by atoms with Gasteiger partial charge in [-0.15, -0.1) is 0 Å². The largest absolute Gasteiger partial charge is 0.493 e. The summed E-state index contributed by atoms with van der Waals surface area (Å²) < 4.78 is 10.8. The maximum atomic E-state index is 13.1. The fourth-order valence-corrected chi connectivity index (χ4v) is 3.65. The molecule has 7 nitrogen and oxygen atoms in total. The summed E-state index contributed by atoms with van der Waals surface area (Å²) in [5.74, 6) is -0.630. The van der Waals surface area contributed by atoms with Crippen molar-refractivity contribution < 1.29 is 23.9 Å².